The third-order valence-electron chi connectivity index (χ3n) is 3.39. The Morgan fingerprint density at radius 1 is 1.05 bits per heavy atom. The van der Waals surface area contributed by atoms with Gasteiger partial charge < -0.3 is 19.2 Å². The van der Waals surface area contributed by atoms with Crippen molar-refractivity contribution in [2.75, 3.05) is 18.5 Å². The lowest BCUT2D eigenvalue weighted by Gasteiger charge is -2.19. The first kappa shape index (κ1) is 12.7. The van der Waals surface area contributed by atoms with Crippen LogP contribution in [0.4, 0.5) is 5.69 Å². The molecule has 0 atom stereocenters. The Kier molecular flexibility index (Phi) is 2.93. The largest absolute Gasteiger partial charge is 0.486 e. The molecule has 0 spiro atoms. The van der Waals surface area contributed by atoms with Crippen molar-refractivity contribution in [2.24, 2.45) is 0 Å². The van der Waals surface area contributed by atoms with Crippen LogP contribution in [0.3, 0.4) is 0 Å². The van der Waals surface area contributed by atoms with Crippen molar-refractivity contribution in [1.29, 1.82) is 0 Å². The summed E-state index contributed by atoms with van der Waals surface area (Å²) in [6.07, 6.45) is 1.35. The van der Waals surface area contributed by atoms with E-state index in [2.05, 4.69) is 10.3 Å². The second-order valence-corrected chi connectivity index (χ2v) is 4.85. The molecule has 0 unspecified atom stereocenters. The first-order chi connectivity index (χ1) is 10.8. The monoisotopic (exact) mass is 296 g/mol. The highest BCUT2D eigenvalue weighted by Crippen LogP contribution is 2.32. The topological polar surface area (TPSA) is 73.6 Å². The zero-order chi connectivity index (χ0) is 14.9. The van der Waals surface area contributed by atoms with Crippen LogP contribution < -0.4 is 14.8 Å². The van der Waals surface area contributed by atoms with E-state index in [0.29, 0.717) is 47.1 Å². The maximum Gasteiger partial charge on any atom is 0.255 e. The number of ether oxygens (including phenoxy) is 2. The van der Waals surface area contributed by atoms with E-state index >= 15 is 0 Å². The van der Waals surface area contributed by atoms with E-state index in [1.165, 1.54) is 6.39 Å². The summed E-state index contributed by atoms with van der Waals surface area (Å²) < 4.78 is 16.1. The molecule has 2 heterocycles. The molecule has 0 saturated carbocycles. The van der Waals surface area contributed by atoms with Crippen molar-refractivity contribution in [3.63, 3.8) is 0 Å². The normalized spacial score (nSPS) is 13.1. The first-order valence-corrected chi connectivity index (χ1v) is 6.84. The van der Waals surface area contributed by atoms with Crippen LogP contribution in [0, 0.1) is 0 Å². The molecule has 6 nitrogen and oxygen atoms in total. The number of nitrogens with zero attached hydrogens (tertiary/aromatic N) is 1. The third-order valence-corrected chi connectivity index (χ3v) is 3.39. The number of anilines is 1. The molecule has 0 fully saturated rings. The fourth-order valence-electron chi connectivity index (χ4n) is 2.32. The Labute approximate surface area is 125 Å². The summed E-state index contributed by atoms with van der Waals surface area (Å²) in [4.78, 5) is 16.3. The fourth-order valence-corrected chi connectivity index (χ4v) is 2.32. The van der Waals surface area contributed by atoms with Gasteiger partial charge in [0.05, 0.1) is 0 Å². The van der Waals surface area contributed by atoms with Gasteiger partial charge in [-0.25, -0.2) is 4.98 Å². The molecule has 1 aromatic heterocycles. The van der Waals surface area contributed by atoms with Crippen molar-refractivity contribution in [3.05, 3.63) is 48.4 Å². The second-order valence-electron chi connectivity index (χ2n) is 4.85. The standard InChI is InChI=1S/C16H12N2O4/c19-16(10-1-3-13-12(7-10)17-9-22-13)18-11-2-4-14-15(8-11)21-6-5-20-14/h1-4,7-9H,5-6H2,(H,18,19). The van der Waals surface area contributed by atoms with Crippen LogP contribution in [0.5, 0.6) is 11.5 Å². The lowest BCUT2D eigenvalue weighted by Crippen LogP contribution is -2.16. The van der Waals surface area contributed by atoms with Crippen molar-refractivity contribution < 1.29 is 18.7 Å². The van der Waals surface area contributed by atoms with Crippen LogP contribution in [-0.4, -0.2) is 24.1 Å². The summed E-state index contributed by atoms with van der Waals surface area (Å²) in [6.45, 7) is 1.05. The van der Waals surface area contributed by atoms with Gasteiger partial charge in [0.15, 0.2) is 23.5 Å². The molecule has 0 radical (unpaired) electrons. The minimum atomic E-state index is -0.221. The molecule has 0 bridgehead atoms. The van der Waals surface area contributed by atoms with Crippen molar-refractivity contribution in [3.8, 4) is 11.5 Å². The van der Waals surface area contributed by atoms with E-state index in [-0.39, 0.29) is 5.91 Å². The van der Waals surface area contributed by atoms with Gasteiger partial charge in [-0.05, 0) is 30.3 Å². The molecule has 1 aliphatic rings. The summed E-state index contributed by atoms with van der Waals surface area (Å²) in [5, 5.41) is 2.83. The number of fused-ring (bicyclic) bond motifs is 2. The molecule has 1 amide bonds. The summed E-state index contributed by atoms with van der Waals surface area (Å²) in [6, 6.07) is 10.4. The second kappa shape index (κ2) is 5.07. The number of amides is 1. The first-order valence-electron chi connectivity index (χ1n) is 6.84. The molecule has 3 aromatic rings. The molecular weight excluding hydrogens is 284 g/mol. The van der Waals surface area contributed by atoms with Crippen LogP contribution in [0.25, 0.3) is 11.1 Å². The van der Waals surface area contributed by atoms with Gasteiger partial charge in [-0.2, -0.15) is 0 Å². The van der Waals surface area contributed by atoms with Gasteiger partial charge in [-0.3, -0.25) is 4.79 Å². The minimum Gasteiger partial charge on any atom is -0.486 e. The van der Waals surface area contributed by atoms with Crippen LogP contribution in [-0.2, 0) is 0 Å². The van der Waals surface area contributed by atoms with Gasteiger partial charge in [-0.15, -0.1) is 0 Å². The van der Waals surface area contributed by atoms with Gasteiger partial charge in [0.1, 0.15) is 18.7 Å². The maximum atomic E-state index is 12.3. The van der Waals surface area contributed by atoms with E-state index in [9.17, 15) is 4.79 Å². The Hall–Kier alpha value is -3.02. The number of benzene rings is 2. The third kappa shape index (κ3) is 2.24. The molecule has 1 N–H and O–H groups in total. The predicted octanol–water partition coefficient (Wildman–Crippen LogP) is 2.85. The van der Waals surface area contributed by atoms with Gasteiger partial charge in [-0.1, -0.05) is 0 Å². The van der Waals surface area contributed by atoms with Crippen molar-refractivity contribution >= 4 is 22.7 Å². The van der Waals surface area contributed by atoms with Crippen molar-refractivity contribution in [1.82, 2.24) is 4.98 Å². The molecule has 22 heavy (non-hydrogen) atoms. The molecule has 0 saturated heterocycles. The average molecular weight is 296 g/mol. The highest BCUT2D eigenvalue weighted by molar-refractivity contribution is 6.05. The van der Waals surface area contributed by atoms with E-state index in [4.69, 9.17) is 13.9 Å². The lowest BCUT2D eigenvalue weighted by molar-refractivity contribution is 0.102. The van der Waals surface area contributed by atoms with Crippen LogP contribution >= 0.6 is 0 Å². The number of carbonyl (C=O) groups excluding carboxylic acids is 1. The SMILES string of the molecule is O=C(Nc1ccc2c(c1)OCCO2)c1ccc2ocnc2c1. The summed E-state index contributed by atoms with van der Waals surface area (Å²) in [5.74, 6) is 1.10. The summed E-state index contributed by atoms with van der Waals surface area (Å²) >= 11 is 0. The molecule has 110 valence electrons. The van der Waals surface area contributed by atoms with Crippen LogP contribution in [0.2, 0.25) is 0 Å². The van der Waals surface area contributed by atoms with E-state index < -0.39 is 0 Å². The predicted molar refractivity (Wildman–Crippen MR) is 79.4 cm³/mol. The van der Waals surface area contributed by atoms with E-state index in [1.807, 2.05) is 0 Å². The molecule has 1 aliphatic heterocycles. The number of hydrogen-bond acceptors (Lipinski definition) is 5. The Balaban J connectivity index is 1.58. The van der Waals surface area contributed by atoms with Gasteiger partial charge in [0.2, 0.25) is 0 Å². The van der Waals surface area contributed by atoms with Crippen molar-refractivity contribution in [2.45, 2.75) is 0 Å². The fraction of sp³-hybridized carbons (Fsp3) is 0.125. The molecule has 6 heteroatoms. The Morgan fingerprint density at radius 3 is 2.82 bits per heavy atom. The van der Waals surface area contributed by atoms with E-state index in [1.54, 1.807) is 36.4 Å². The summed E-state index contributed by atoms with van der Waals surface area (Å²) in [7, 11) is 0. The van der Waals surface area contributed by atoms with Gasteiger partial charge in [0, 0.05) is 17.3 Å². The number of carbonyl (C=O) groups is 1. The molecular formula is C16H12N2O4. The number of hydrogen-bond donors (Lipinski definition) is 1. The number of aromatic nitrogens is 1. The highest BCUT2D eigenvalue weighted by Gasteiger charge is 2.14. The quantitative estimate of drug-likeness (QED) is 0.787. The van der Waals surface area contributed by atoms with Crippen LogP contribution in [0.1, 0.15) is 10.4 Å². The molecule has 0 aliphatic carbocycles. The highest BCUT2D eigenvalue weighted by atomic mass is 16.6. The molecule has 4 rings (SSSR count). The zero-order valence-electron chi connectivity index (χ0n) is 11.5. The van der Waals surface area contributed by atoms with Gasteiger partial charge in [0.25, 0.3) is 5.91 Å². The number of oxazole rings is 1. The summed E-state index contributed by atoms with van der Waals surface area (Å²) in [5.41, 5.74) is 2.46. The van der Waals surface area contributed by atoms with Crippen LogP contribution in [0.15, 0.2) is 47.2 Å². The number of rotatable bonds is 2. The lowest BCUT2D eigenvalue weighted by atomic mass is 10.2. The number of nitrogens with one attached hydrogen (secondary N) is 1. The average Bonchev–Trinajstić information content (AvgIpc) is 3.02. The Morgan fingerprint density at radius 2 is 1.91 bits per heavy atom. The van der Waals surface area contributed by atoms with E-state index in [0.717, 1.165) is 0 Å². The zero-order valence-corrected chi connectivity index (χ0v) is 11.5. The van der Waals surface area contributed by atoms with Gasteiger partial charge >= 0.3 is 0 Å². The Bertz CT molecular complexity index is 856. The minimum absolute atomic E-state index is 0.221. The molecule has 2 aromatic carbocycles. The smallest absolute Gasteiger partial charge is 0.255 e. The maximum absolute atomic E-state index is 12.3.